The molecule has 0 unspecified atom stereocenters. The average molecular weight is 238 g/mol. The number of nitrogens with zero attached hydrogens (tertiary/aromatic N) is 1. The van der Waals surface area contributed by atoms with Crippen LogP contribution in [-0.2, 0) is 17.0 Å². The van der Waals surface area contributed by atoms with Crippen LogP contribution < -0.4 is 0 Å². The number of hydrogen-bond donors (Lipinski definition) is 0. The van der Waals surface area contributed by atoms with Crippen LogP contribution in [0.1, 0.15) is 34.0 Å². The van der Waals surface area contributed by atoms with Gasteiger partial charge in [-0.3, -0.25) is 0 Å². The summed E-state index contributed by atoms with van der Waals surface area (Å²) in [7, 11) is 1.29. The molecule has 4 heteroatoms. The lowest BCUT2D eigenvalue weighted by Crippen LogP contribution is -2.06. The van der Waals surface area contributed by atoms with Gasteiger partial charge in [-0.15, -0.1) is 11.6 Å². The number of carbonyl (C=O) groups is 1. The quantitative estimate of drug-likeness (QED) is 0.600. The van der Waals surface area contributed by atoms with Crippen LogP contribution in [-0.4, -0.2) is 13.1 Å². The minimum Gasteiger partial charge on any atom is -0.465 e. The third kappa shape index (κ3) is 2.34. The monoisotopic (exact) mass is 237 g/mol. The Morgan fingerprint density at radius 2 is 2.19 bits per heavy atom. The van der Waals surface area contributed by atoms with Crippen LogP contribution in [0.25, 0.3) is 0 Å². The molecule has 0 spiro atoms. The van der Waals surface area contributed by atoms with Crippen molar-refractivity contribution in [1.29, 1.82) is 5.26 Å². The van der Waals surface area contributed by atoms with E-state index in [1.807, 2.05) is 13.0 Å². The maximum Gasteiger partial charge on any atom is 0.339 e. The van der Waals surface area contributed by atoms with Crippen molar-refractivity contribution in [3.63, 3.8) is 0 Å². The first-order valence-corrected chi connectivity index (χ1v) is 5.41. The van der Waals surface area contributed by atoms with Crippen molar-refractivity contribution >= 4 is 17.6 Å². The van der Waals surface area contributed by atoms with Gasteiger partial charge < -0.3 is 4.74 Å². The molecule has 0 saturated heterocycles. The molecule has 1 aromatic rings. The zero-order valence-corrected chi connectivity index (χ0v) is 9.97. The van der Waals surface area contributed by atoms with E-state index in [4.69, 9.17) is 16.9 Å². The molecule has 1 aromatic carbocycles. The zero-order valence-electron chi connectivity index (χ0n) is 9.21. The van der Waals surface area contributed by atoms with Gasteiger partial charge in [0, 0.05) is 5.88 Å². The van der Waals surface area contributed by atoms with E-state index in [2.05, 4.69) is 4.74 Å². The van der Waals surface area contributed by atoms with Crippen molar-refractivity contribution in [3.8, 4) is 6.07 Å². The van der Waals surface area contributed by atoms with Crippen LogP contribution in [0.2, 0.25) is 0 Å². The molecule has 0 N–H and O–H groups in total. The largest absolute Gasteiger partial charge is 0.465 e. The van der Waals surface area contributed by atoms with Crippen molar-refractivity contribution in [2.24, 2.45) is 0 Å². The summed E-state index contributed by atoms with van der Waals surface area (Å²) in [4.78, 5) is 11.4. The first-order valence-electron chi connectivity index (χ1n) is 4.88. The second kappa shape index (κ2) is 5.53. The van der Waals surface area contributed by atoms with E-state index in [0.29, 0.717) is 11.4 Å². The molecule has 0 aromatic heterocycles. The predicted octanol–water partition coefficient (Wildman–Crippen LogP) is 2.65. The van der Waals surface area contributed by atoms with Crippen molar-refractivity contribution in [2.45, 2.75) is 19.2 Å². The van der Waals surface area contributed by atoms with Crippen LogP contribution in [0.5, 0.6) is 0 Å². The molecule has 16 heavy (non-hydrogen) atoms. The molecule has 0 aliphatic rings. The first kappa shape index (κ1) is 12.5. The van der Waals surface area contributed by atoms with Crippen LogP contribution in [0, 0.1) is 11.3 Å². The minimum atomic E-state index is -0.509. The molecular weight excluding hydrogens is 226 g/mol. The normalized spacial score (nSPS) is 9.62. The fraction of sp³-hybridized carbons (Fsp3) is 0.333. The average Bonchev–Trinajstić information content (AvgIpc) is 2.35. The van der Waals surface area contributed by atoms with Crippen molar-refractivity contribution in [2.75, 3.05) is 7.11 Å². The summed E-state index contributed by atoms with van der Waals surface area (Å²) >= 11 is 5.79. The molecular formula is C12H12ClNO2. The van der Waals surface area contributed by atoms with E-state index >= 15 is 0 Å². The highest BCUT2D eigenvalue weighted by molar-refractivity contribution is 6.17. The summed E-state index contributed by atoms with van der Waals surface area (Å²) in [6, 6.07) is 5.33. The Morgan fingerprint density at radius 3 is 2.62 bits per heavy atom. The highest BCUT2D eigenvalue weighted by Crippen LogP contribution is 2.20. The molecule has 0 aliphatic carbocycles. The lowest BCUT2D eigenvalue weighted by Gasteiger charge is -2.09. The van der Waals surface area contributed by atoms with Crippen LogP contribution >= 0.6 is 11.6 Å². The van der Waals surface area contributed by atoms with Gasteiger partial charge in [0.1, 0.15) is 6.07 Å². The van der Waals surface area contributed by atoms with E-state index in [9.17, 15) is 4.79 Å². The Hall–Kier alpha value is -1.53. The molecule has 0 amide bonds. The molecule has 0 bridgehead atoms. The van der Waals surface area contributed by atoms with Gasteiger partial charge in [0.05, 0.1) is 18.2 Å². The highest BCUT2D eigenvalue weighted by Gasteiger charge is 2.14. The molecule has 0 heterocycles. The van der Waals surface area contributed by atoms with Gasteiger partial charge in [-0.1, -0.05) is 6.92 Å². The maximum absolute atomic E-state index is 11.4. The van der Waals surface area contributed by atoms with Crippen LogP contribution in [0.3, 0.4) is 0 Å². The number of methoxy groups -OCH3 is 1. The van der Waals surface area contributed by atoms with Gasteiger partial charge in [0.2, 0.25) is 0 Å². The summed E-state index contributed by atoms with van der Waals surface area (Å²) in [5.74, 6) is -0.190. The number of esters is 1. The molecule has 0 aliphatic heterocycles. The lowest BCUT2D eigenvalue weighted by molar-refractivity contribution is 0.0600. The van der Waals surface area contributed by atoms with E-state index in [0.717, 1.165) is 17.5 Å². The van der Waals surface area contributed by atoms with Gasteiger partial charge in [0.15, 0.2) is 0 Å². The fourth-order valence-corrected chi connectivity index (χ4v) is 1.76. The Bertz CT molecular complexity index is 449. The SMILES string of the molecule is CCc1cc(C#N)c(C(=O)OC)cc1CCl. The molecule has 0 saturated carbocycles. The van der Waals surface area contributed by atoms with Crippen molar-refractivity contribution in [1.82, 2.24) is 0 Å². The molecule has 0 fully saturated rings. The number of nitriles is 1. The molecule has 1 rings (SSSR count). The second-order valence-corrected chi connectivity index (χ2v) is 3.52. The van der Waals surface area contributed by atoms with Crippen molar-refractivity contribution < 1.29 is 9.53 Å². The molecule has 3 nitrogen and oxygen atoms in total. The number of benzene rings is 1. The van der Waals surface area contributed by atoms with Crippen LogP contribution in [0.15, 0.2) is 12.1 Å². The Labute approximate surface area is 99.6 Å². The number of alkyl halides is 1. The fourth-order valence-electron chi connectivity index (χ4n) is 1.51. The van der Waals surface area contributed by atoms with Crippen molar-refractivity contribution in [3.05, 3.63) is 34.4 Å². The topological polar surface area (TPSA) is 50.1 Å². The van der Waals surface area contributed by atoms with Gasteiger partial charge in [-0.2, -0.15) is 5.26 Å². The highest BCUT2D eigenvalue weighted by atomic mass is 35.5. The van der Waals surface area contributed by atoms with E-state index in [-0.39, 0.29) is 5.56 Å². The molecule has 0 radical (unpaired) electrons. The number of carbonyl (C=O) groups excluding carboxylic acids is 1. The van der Waals surface area contributed by atoms with E-state index < -0.39 is 5.97 Å². The lowest BCUT2D eigenvalue weighted by atomic mass is 9.98. The summed E-state index contributed by atoms with van der Waals surface area (Å²) in [5.41, 5.74) is 2.46. The number of ether oxygens (including phenoxy) is 1. The first-order chi connectivity index (χ1) is 7.67. The van der Waals surface area contributed by atoms with Gasteiger partial charge >= 0.3 is 5.97 Å². The number of halogens is 1. The zero-order chi connectivity index (χ0) is 12.1. The molecule has 84 valence electrons. The third-order valence-corrected chi connectivity index (χ3v) is 2.68. The summed E-state index contributed by atoms with van der Waals surface area (Å²) in [6.07, 6.45) is 0.776. The Balaban J connectivity index is 3.39. The molecule has 0 atom stereocenters. The van der Waals surface area contributed by atoms with Gasteiger partial charge in [0.25, 0.3) is 0 Å². The number of hydrogen-bond acceptors (Lipinski definition) is 3. The summed E-state index contributed by atoms with van der Waals surface area (Å²) in [6.45, 7) is 1.98. The van der Waals surface area contributed by atoms with Gasteiger partial charge in [-0.25, -0.2) is 4.79 Å². The van der Waals surface area contributed by atoms with Gasteiger partial charge in [-0.05, 0) is 29.7 Å². The maximum atomic E-state index is 11.4. The standard InChI is InChI=1S/C12H12ClNO2/c1-3-8-4-10(7-14)11(12(15)16-2)5-9(8)6-13/h4-5H,3,6H2,1-2H3. The third-order valence-electron chi connectivity index (χ3n) is 2.39. The Kier molecular flexibility index (Phi) is 4.33. The van der Waals surface area contributed by atoms with E-state index in [1.54, 1.807) is 12.1 Å². The Morgan fingerprint density at radius 1 is 1.50 bits per heavy atom. The number of rotatable bonds is 3. The summed E-state index contributed by atoms with van der Waals surface area (Å²) < 4.78 is 4.62. The number of aryl methyl sites for hydroxylation is 1. The smallest absolute Gasteiger partial charge is 0.339 e. The van der Waals surface area contributed by atoms with E-state index in [1.165, 1.54) is 7.11 Å². The second-order valence-electron chi connectivity index (χ2n) is 3.26. The minimum absolute atomic E-state index is 0.276. The van der Waals surface area contributed by atoms with Crippen LogP contribution in [0.4, 0.5) is 0 Å². The summed E-state index contributed by atoms with van der Waals surface area (Å²) in [5, 5.41) is 8.96. The predicted molar refractivity (Wildman–Crippen MR) is 61.4 cm³/mol.